The number of rotatable bonds is 7. The Morgan fingerprint density at radius 2 is 2.12 bits per heavy atom. The van der Waals surface area contributed by atoms with Crippen molar-refractivity contribution >= 4 is 12.6 Å². The first kappa shape index (κ1) is 19.1. The summed E-state index contributed by atoms with van der Waals surface area (Å²) in [5.74, 6) is 0.170. The lowest BCUT2D eigenvalue weighted by Crippen LogP contribution is -2.53. The second-order valence-electron chi connectivity index (χ2n) is 8.00. The van der Waals surface area contributed by atoms with Crippen molar-refractivity contribution in [2.24, 2.45) is 22.7 Å². The molecule has 2 rings (SSSR count). The highest BCUT2D eigenvalue weighted by atomic mass is 16.3. The summed E-state index contributed by atoms with van der Waals surface area (Å²) in [4.78, 5) is 23.9. The van der Waals surface area contributed by atoms with Crippen molar-refractivity contribution in [2.45, 2.75) is 65.1 Å². The van der Waals surface area contributed by atoms with Crippen LogP contribution in [-0.2, 0) is 9.59 Å². The molecule has 6 atom stereocenters. The van der Waals surface area contributed by atoms with E-state index in [0.717, 1.165) is 37.4 Å². The molecule has 24 heavy (non-hydrogen) atoms. The second-order valence-corrected chi connectivity index (χ2v) is 8.00. The van der Waals surface area contributed by atoms with E-state index < -0.39 is 23.0 Å². The molecule has 4 nitrogen and oxygen atoms in total. The Kier molecular flexibility index (Phi) is 5.50. The number of aliphatic hydroxyl groups excluding tert-OH is 2. The van der Waals surface area contributed by atoms with Gasteiger partial charge in [-0.1, -0.05) is 32.1 Å². The minimum absolute atomic E-state index is 0.00345. The third-order valence-electron chi connectivity index (χ3n) is 6.74. The van der Waals surface area contributed by atoms with E-state index in [1.807, 2.05) is 6.92 Å². The molecule has 0 aromatic rings. The fraction of sp³-hybridized carbons (Fsp3) is 0.700. The van der Waals surface area contributed by atoms with E-state index in [9.17, 15) is 19.8 Å². The van der Waals surface area contributed by atoms with Gasteiger partial charge in [0.2, 0.25) is 0 Å². The molecule has 0 heterocycles. The predicted molar refractivity (Wildman–Crippen MR) is 93.3 cm³/mol. The first-order valence-corrected chi connectivity index (χ1v) is 8.88. The standard InChI is InChI=1S/C20H30O4/c1-13(2)17(23)7-5-14(3)16-9-10-19(4)18(24)8-6-15(11-21)20(16,19)12-22/h6,11-12,14,16-18,23-24H,1,5,7-10H2,2-4H3/t14-,16+,17+,18-,19+,20+/m1/s1. The molecule has 2 aliphatic rings. The van der Waals surface area contributed by atoms with Crippen molar-refractivity contribution < 1.29 is 19.8 Å². The zero-order chi connectivity index (χ0) is 18.1. The van der Waals surface area contributed by atoms with Crippen LogP contribution in [0.2, 0.25) is 0 Å². The van der Waals surface area contributed by atoms with Gasteiger partial charge in [-0.25, -0.2) is 0 Å². The number of carbonyl (C=O) groups excluding carboxylic acids is 2. The van der Waals surface area contributed by atoms with Gasteiger partial charge in [-0.05, 0) is 50.9 Å². The normalized spacial score (nSPS) is 38.0. The maximum Gasteiger partial charge on any atom is 0.146 e. The Morgan fingerprint density at radius 1 is 1.46 bits per heavy atom. The maximum absolute atomic E-state index is 12.3. The topological polar surface area (TPSA) is 74.6 Å². The van der Waals surface area contributed by atoms with E-state index in [2.05, 4.69) is 13.5 Å². The predicted octanol–water partition coefficient (Wildman–Crippen LogP) is 2.83. The van der Waals surface area contributed by atoms with Crippen LogP contribution in [0.5, 0.6) is 0 Å². The van der Waals surface area contributed by atoms with Gasteiger partial charge in [-0.3, -0.25) is 4.79 Å². The average molecular weight is 334 g/mol. The molecule has 1 saturated carbocycles. The summed E-state index contributed by atoms with van der Waals surface area (Å²) >= 11 is 0. The van der Waals surface area contributed by atoms with Gasteiger partial charge in [0.05, 0.1) is 17.6 Å². The molecule has 0 saturated heterocycles. The molecular formula is C20H30O4. The van der Waals surface area contributed by atoms with Crippen LogP contribution < -0.4 is 0 Å². The highest BCUT2D eigenvalue weighted by Gasteiger charge is 2.64. The summed E-state index contributed by atoms with van der Waals surface area (Å²) in [5, 5.41) is 20.6. The van der Waals surface area contributed by atoms with Crippen molar-refractivity contribution in [1.82, 2.24) is 0 Å². The van der Waals surface area contributed by atoms with Gasteiger partial charge in [0, 0.05) is 11.0 Å². The summed E-state index contributed by atoms with van der Waals surface area (Å²) in [6.07, 6.45) is 5.63. The molecule has 0 amide bonds. The Balaban J connectivity index is 2.32. The molecule has 0 aromatic carbocycles. The highest BCUT2D eigenvalue weighted by molar-refractivity contribution is 5.86. The first-order valence-electron chi connectivity index (χ1n) is 8.88. The number of carbonyl (C=O) groups is 2. The summed E-state index contributed by atoms with van der Waals surface area (Å²) < 4.78 is 0. The van der Waals surface area contributed by atoms with E-state index in [4.69, 9.17) is 0 Å². The van der Waals surface area contributed by atoms with Crippen molar-refractivity contribution in [1.29, 1.82) is 0 Å². The fourth-order valence-electron chi connectivity index (χ4n) is 5.00. The van der Waals surface area contributed by atoms with E-state index in [-0.39, 0.29) is 11.8 Å². The molecule has 2 aliphatic carbocycles. The lowest BCUT2D eigenvalue weighted by molar-refractivity contribution is -0.133. The number of fused-ring (bicyclic) bond motifs is 1. The van der Waals surface area contributed by atoms with Gasteiger partial charge in [-0.2, -0.15) is 0 Å². The third-order valence-corrected chi connectivity index (χ3v) is 6.74. The van der Waals surface area contributed by atoms with Crippen LogP contribution in [0, 0.1) is 22.7 Å². The number of allylic oxidation sites excluding steroid dienone is 1. The van der Waals surface area contributed by atoms with Gasteiger partial charge < -0.3 is 15.0 Å². The number of aldehydes is 2. The number of aliphatic hydroxyl groups is 2. The van der Waals surface area contributed by atoms with Crippen molar-refractivity contribution in [3.05, 3.63) is 23.8 Å². The minimum Gasteiger partial charge on any atom is -0.392 e. The van der Waals surface area contributed by atoms with Crippen LogP contribution in [0.4, 0.5) is 0 Å². The van der Waals surface area contributed by atoms with E-state index in [1.54, 1.807) is 13.0 Å². The van der Waals surface area contributed by atoms with Crippen LogP contribution >= 0.6 is 0 Å². The Morgan fingerprint density at radius 3 is 2.67 bits per heavy atom. The largest absolute Gasteiger partial charge is 0.392 e. The van der Waals surface area contributed by atoms with E-state index in [0.29, 0.717) is 18.4 Å². The molecule has 2 N–H and O–H groups in total. The fourth-order valence-corrected chi connectivity index (χ4v) is 5.00. The second kappa shape index (κ2) is 6.93. The molecule has 1 fully saturated rings. The Hall–Kier alpha value is -1.26. The van der Waals surface area contributed by atoms with Gasteiger partial charge in [0.25, 0.3) is 0 Å². The Labute approximate surface area is 144 Å². The minimum atomic E-state index is -0.917. The molecule has 0 bridgehead atoms. The van der Waals surface area contributed by atoms with Crippen LogP contribution in [0.15, 0.2) is 23.8 Å². The lowest BCUT2D eigenvalue weighted by Gasteiger charge is -2.50. The molecule has 0 spiro atoms. The first-order chi connectivity index (χ1) is 11.2. The average Bonchev–Trinajstić information content (AvgIpc) is 2.88. The monoisotopic (exact) mass is 334 g/mol. The zero-order valence-electron chi connectivity index (χ0n) is 15.0. The van der Waals surface area contributed by atoms with Crippen molar-refractivity contribution in [2.75, 3.05) is 0 Å². The zero-order valence-corrected chi connectivity index (χ0v) is 15.0. The quantitative estimate of drug-likeness (QED) is 0.554. The molecular weight excluding hydrogens is 304 g/mol. The summed E-state index contributed by atoms with van der Waals surface area (Å²) in [7, 11) is 0. The summed E-state index contributed by atoms with van der Waals surface area (Å²) in [6.45, 7) is 9.60. The third kappa shape index (κ3) is 2.70. The van der Waals surface area contributed by atoms with Crippen LogP contribution in [0.1, 0.15) is 52.9 Å². The molecule has 0 radical (unpaired) electrons. The molecule has 0 aromatic heterocycles. The molecule has 0 aliphatic heterocycles. The van der Waals surface area contributed by atoms with Gasteiger partial charge in [0.15, 0.2) is 0 Å². The highest BCUT2D eigenvalue weighted by Crippen LogP contribution is 2.64. The van der Waals surface area contributed by atoms with E-state index in [1.165, 1.54) is 0 Å². The molecule has 4 heteroatoms. The van der Waals surface area contributed by atoms with Crippen LogP contribution in [-0.4, -0.2) is 35.0 Å². The van der Waals surface area contributed by atoms with Gasteiger partial charge in [-0.15, -0.1) is 0 Å². The van der Waals surface area contributed by atoms with Gasteiger partial charge in [0.1, 0.15) is 12.6 Å². The lowest BCUT2D eigenvalue weighted by atomic mass is 9.53. The maximum atomic E-state index is 12.3. The van der Waals surface area contributed by atoms with E-state index >= 15 is 0 Å². The molecule has 0 unspecified atom stereocenters. The smallest absolute Gasteiger partial charge is 0.146 e. The SMILES string of the molecule is C=C(C)[C@@H](O)CC[C@@H](C)[C@@H]1CC[C@@]2(C)[C@H](O)CC=C(C=O)[C@@]12C=O. The van der Waals surface area contributed by atoms with Crippen molar-refractivity contribution in [3.8, 4) is 0 Å². The van der Waals surface area contributed by atoms with Gasteiger partial charge >= 0.3 is 0 Å². The van der Waals surface area contributed by atoms with Crippen LogP contribution in [0.3, 0.4) is 0 Å². The van der Waals surface area contributed by atoms with Crippen LogP contribution in [0.25, 0.3) is 0 Å². The summed E-state index contributed by atoms with van der Waals surface area (Å²) in [6, 6.07) is 0. The number of hydrogen-bond donors (Lipinski definition) is 2. The molecule has 134 valence electrons. The number of hydrogen-bond acceptors (Lipinski definition) is 4. The Bertz CT molecular complexity index is 552. The summed E-state index contributed by atoms with van der Waals surface area (Å²) in [5.41, 5.74) is -0.240. The van der Waals surface area contributed by atoms with Crippen molar-refractivity contribution in [3.63, 3.8) is 0 Å².